The maximum Gasteiger partial charge on any atom is 0.271 e. The lowest BCUT2D eigenvalue weighted by Gasteiger charge is -2.09. The van der Waals surface area contributed by atoms with Crippen LogP contribution in [0.25, 0.3) is 10.8 Å². The summed E-state index contributed by atoms with van der Waals surface area (Å²) in [4.78, 5) is 11.5. The molecule has 134 valence electrons. The fraction of sp³-hybridized carbons (Fsp3) is 0.0556. The zero-order chi connectivity index (χ0) is 18.7. The molecule has 0 atom stereocenters. The maximum absolute atomic E-state index is 13.4. The number of fused-ring (bicyclic) bond motifs is 1. The van der Waals surface area contributed by atoms with Crippen molar-refractivity contribution >= 4 is 32.4 Å². The first-order valence-electron chi connectivity index (χ1n) is 7.57. The smallest absolute Gasteiger partial charge is 0.271 e. The summed E-state index contributed by atoms with van der Waals surface area (Å²) in [6.45, 7) is -0.505. The van der Waals surface area contributed by atoms with E-state index < -0.39 is 33.3 Å². The number of nitrogens with two attached hydrogens (primary N) is 1. The van der Waals surface area contributed by atoms with E-state index in [1.54, 1.807) is 12.1 Å². The molecular weight excluding hydrogens is 359 g/mol. The minimum Gasteiger partial charge on any atom is -0.484 e. The van der Waals surface area contributed by atoms with E-state index in [9.17, 15) is 17.6 Å². The zero-order valence-corrected chi connectivity index (χ0v) is 14.3. The lowest BCUT2D eigenvalue weighted by atomic mass is 10.1. The maximum atomic E-state index is 13.4. The number of rotatable bonds is 5. The van der Waals surface area contributed by atoms with E-state index in [-0.39, 0.29) is 5.69 Å². The number of sulfonamides is 1. The molecule has 3 aromatic carbocycles. The summed E-state index contributed by atoms with van der Waals surface area (Å²) >= 11 is 0. The number of benzene rings is 3. The summed E-state index contributed by atoms with van der Waals surface area (Å²) in [5, 5.41) is 1.94. The number of hydrogen-bond acceptors (Lipinski definition) is 5. The van der Waals surface area contributed by atoms with Gasteiger partial charge in [-0.1, -0.05) is 30.3 Å². The van der Waals surface area contributed by atoms with Gasteiger partial charge in [0.1, 0.15) is 11.6 Å². The number of ether oxygens (including phenoxy) is 1. The van der Waals surface area contributed by atoms with Crippen molar-refractivity contribution in [1.82, 2.24) is 4.72 Å². The number of carbonyl (C=O) groups is 1. The van der Waals surface area contributed by atoms with E-state index >= 15 is 0 Å². The molecule has 0 radical (unpaired) electrons. The molecule has 3 N–H and O–H groups in total. The van der Waals surface area contributed by atoms with Gasteiger partial charge in [0.2, 0.25) is 0 Å². The molecule has 0 aromatic heterocycles. The van der Waals surface area contributed by atoms with Gasteiger partial charge in [-0.2, -0.15) is 0 Å². The van der Waals surface area contributed by atoms with Crippen molar-refractivity contribution in [1.29, 1.82) is 0 Å². The third-order valence-corrected chi connectivity index (χ3v) is 4.99. The van der Waals surface area contributed by atoms with Crippen LogP contribution < -0.4 is 15.2 Å². The van der Waals surface area contributed by atoms with E-state index in [0.29, 0.717) is 5.75 Å². The van der Waals surface area contributed by atoms with E-state index in [0.717, 1.165) is 29.0 Å². The SMILES string of the molecule is Nc1ccc(S(=O)(=O)NC(=O)COc2ccc3ccccc3c2)cc1F. The Hall–Kier alpha value is -3.13. The van der Waals surface area contributed by atoms with Crippen molar-refractivity contribution in [2.75, 3.05) is 12.3 Å². The molecule has 0 heterocycles. The summed E-state index contributed by atoms with van der Waals surface area (Å²) in [7, 11) is -4.21. The third-order valence-electron chi connectivity index (χ3n) is 3.62. The first-order chi connectivity index (χ1) is 12.3. The summed E-state index contributed by atoms with van der Waals surface area (Å²) < 4.78 is 44.8. The molecule has 1 amide bonds. The van der Waals surface area contributed by atoms with Crippen LogP contribution in [0.4, 0.5) is 10.1 Å². The number of amides is 1. The molecule has 0 saturated heterocycles. The van der Waals surface area contributed by atoms with Gasteiger partial charge in [0.15, 0.2) is 6.61 Å². The first kappa shape index (κ1) is 17.7. The molecular formula is C18H15FN2O4S. The summed E-state index contributed by atoms with van der Waals surface area (Å²) in [6.07, 6.45) is 0. The molecule has 3 rings (SSSR count). The minimum absolute atomic E-state index is 0.185. The van der Waals surface area contributed by atoms with Crippen LogP contribution in [0.5, 0.6) is 5.75 Å². The van der Waals surface area contributed by atoms with Crippen LogP contribution in [0.1, 0.15) is 0 Å². The van der Waals surface area contributed by atoms with Crippen LogP contribution in [0.3, 0.4) is 0 Å². The Morgan fingerprint density at radius 2 is 1.77 bits per heavy atom. The molecule has 0 saturated carbocycles. The number of hydrogen-bond donors (Lipinski definition) is 2. The molecule has 0 spiro atoms. The molecule has 3 aromatic rings. The second-order valence-corrected chi connectivity index (χ2v) is 7.19. The van der Waals surface area contributed by atoms with Crippen molar-refractivity contribution < 1.29 is 22.3 Å². The van der Waals surface area contributed by atoms with Crippen molar-refractivity contribution in [3.05, 3.63) is 66.5 Å². The van der Waals surface area contributed by atoms with Gasteiger partial charge in [-0.3, -0.25) is 4.79 Å². The Morgan fingerprint density at radius 3 is 2.50 bits per heavy atom. The standard InChI is InChI=1S/C18H15FN2O4S/c19-16-10-15(7-8-17(16)20)26(23,24)21-18(22)11-25-14-6-5-12-3-1-2-4-13(12)9-14/h1-10H,11,20H2,(H,21,22). The van der Waals surface area contributed by atoms with Crippen LogP contribution in [0.15, 0.2) is 65.6 Å². The number of anilines is 1. The normalized spacial score (nSPS) is 11.3. The first-order valence-corrected chi connectivity index (χ1v) is 9.06. The molecule has 8 heteroatoms. The van der Waals surface area contributed by atoms with Crippen molar-refractivity contribution in [2.45, 2.75) is 4.90 Å². The third kappa shape index (κ3) is 3.92. The Labute approximate surface area is 149 Å². The molecule has 0 unspecified atom stereocenters. The minimum atomic E-state index is -4.21. The highest BCUT2D eigenvalue weighted by atomic mass is 32.2. The Balaban J connectivity index is 1.66. The van der Waals surface area contributed by atoms with Gasteiger partial charge in [-0.15, -0.1) is 0 Å². The lowest BCUT2D eigenvalue weighted by molar-refractivity contribution is -0.121. The van der Waals surface area contributed by atoms with Crippen LogP contribution in [0, 0.1) is 5.82 Å². The molecule has 0 aliphatic carbocycles. The number of carbonyl (C=O) groups excluding carboxylic acids is 1. The molecule has 6 nitrogen and oxygen atoms in total. The molecule has 0 bridgehead atoms. The van der Waals surface area contributed by atoms with Crippen LogP contribution in [-0.4, -0.2) is 20.9 Å². The van der Waals surface area contributed by atoms with Gasteiger partial charge in [-0.05, 0) is 41.1 Å². The molecule has 0 fully saturated rings. The monoisotopic (exact) mass is 374 g/mol. The Morgan fingerprint density at radius 1 is 1.04 bits per heavy atom. The predicted molar refractivity (Wildman–Crippen MR) is 95.6 cm³/mol. The number of nitrogens with one attached hydrogen (secondary N) is 1. The van der Waals surface area contributed by atoms with E-state index in [1.165, 1.54) is 0 Å². The highest BCUT2D eigenvalue weighted by molar-refractivity contribution is 7.90. The average molecular weight is 374 g/mol. The number of halogens is 1. The lowest BCUT2D eigenvalue weighted by Crippen LogP contribution is -2.34. The molecule has 0 aliphatic heterocycles. The zero-order valence-electron chi connectivity index (χ0n) is 13.5. The van der Waals surface area contributed by atoms with Crippen molar-refractivity contribution in [2.24, 2.45) is 0 Å². The quantitative estimate of drug-likeness (QED) is 0.669. The fourth-order valence-corrected chi connectivity index (χ4v) is 3.30. The van der Waals surface area contributed by atoms with Crippen molar-refractivity contribution in [3.8, 4) is 5.75 Å². The van der Waals surface area contributed by atoms with Gasteiger partial charge >= 0.3 is 0 Å². The molecule has 26 heavy (non-hydrogen) atoms. The predicted octanol–water partition coefficient (Wildman–Crippen LogP) is 2.45. The van der Waals surface area contributed by atoms with Gasteiger partial charge in [0, 0.05) is 0 Å². The second kappa shape index (κ2) is 7.01. The summed E-state index contributed by atoms with van der Waals surface area (Å²) in [5.41, 5.74) is 5.12. The largest absolute Gasteiger partial charge is 0.484 e. The van der Waals surface area contributed by atoms with Gasteiger partial charge < -0.3 is 10.5 Å². The fourth-order valence-electron chi connectivity index (χ4n) is 2.32. The Kier molecular flexibility index (Phi) is 4.77. The van der Waals surface area contributed by atoms with Crippen LogP contribution in [-0.2, 0) is 14.8 Å². The number of nitrogen functional groups attached to an aromatic ring is 1. The summed E-state index contributed by atoms with van der Waals surface area (Å²) in [6, 6.07) is 15.8. The van der Waals surface area contributed by atoms with Gasteiger partial charge in [0.05, 0.1) is 10.6 Å². The highest BCUT2D eigenvalue weighted by Crippen LogP contribution is 2.20. The highest BCUT2D eigenvalue weighted by Gasteiger charge is 2.19. The molecule has 0 aliphatic rings. The second-order valence-electron chi connectivity index (χ2n) is 5.51. The van der Waals surface area contributed by atoms with E-state index in [1.807, 2.05) is 35.1 Å². The average Bonchev–Trinajstić information content (AvgIpc) is 2.61. The van der Waals surface area contributed by atoms with Crippen LogP contribution in [0.2, 0.25) is 0 Å². The van der Waals surface area contributed by atoms with Crippen LogP contribution >= 0.6 is 0 Å². The van der Waals surface area contributed by atoms with E-state index in [4.69, 9.17) is 10.5 Å². The summed E-state index contributed by atoms with van der Waals surface area (Å²) in [5.74, 6) is -1.34. The topological polar surface area (TPSA) is 98.5 Å². The Bertz CT molecular complexity index is 1080. The van der Waals surface area contributed by atoms with Gasteiger partial charge in [-0.25, -0.2) is 17.5 Å². The van der Waals surface area contributed by atoms with Gasteiger partial charge in [0.25, 0.3) is 15.9 Å². The van der Waals surface area contributed by atoms with E-state index in [2.05, 4.69) is 0 Å². The van der Waals surface area contributed by atoms with Crippen molar-refractivity contribution in [3.63, 3.8) is 0 Å².